The van der Waals surface area contributed by atoms with Crippen molar-refractivity contribution in [3.05, 3.63) is 86.6 Å². The first-order valence-electron chi connectivity index (χ1n) is 8.14. The molecule has 8 heteroatoms. The molecule has 0 saturated heterocycles. The second kappa shape index (κ2) is 7.98. The Labute approximate surface area is 163 Å². The molecule has 1 heterocycles. The lowest BCUT2D eigenvalue weighted by atomic mass is 10.2. The van der Waals surface area contributed by atoms with Crippen LogP contribution in [0.4, 0.5) is 13.2 Å². The molecule has 0 aliphatic rings. The van der Waals surface area contributed by atoms with Gasteiger partial charge in [0, 0.05) is 17.8 Å². The van der Waals surface area contributed by atoms with Gasteiger partial charge < -0.3 is 9.47 Å². The molecule has 0 spiro atoms. The summed E-state index contributed by atoms with van der Waals surface area (Å²) in [5.41, 5.74) is -0.109. The van der Waals surface area contributed by atoms with Gasteiger partial charge in [-0.15, -0.1) is 0 Å². The maximum Gasteiger partial charge on any atom is 0.277 e. The summed E-state index contributed by atoms with van der Waals surface area (Å²) in [7, 11) is 1.36. The predicted molar refractivity (Wildman–Crippen MR) is 99.0 cm³/mol. The molecular weight excluding hydrogens is 395 g/mol. The summed E-state index contributed by atoms with van der Waals surface area (Å²) in [5, 5.41) is -0.313. The molecule has 28 heavy (non-hydrogen) atoms. The van der Waals surface area contributed by atoms with E-state index in [1.54, 1.807) is 13.0 Å². The Kier molecular flexibility index (Phi) is 5.65. The summed E-state index contributed by atoms with van der Waals surface area (Å²) >= 11 is 6.08. The Morgan fingerprint density at radius 2 is 1.79 bits per heavy atom. The molecule has 0 amide bonds. The average molecular weight is 410 g/mol. The highest BCUT2D eigenvalue weighted by Crippen LogP contribution is 2.29. The van der Waals surface area contributed by atoms with Gasteiger partial charge in [-0.05, 0) is 42.8 Å². The first-order valence-corrected chi connectivity index (χ1v) is 8.52. The summed E-state index contributed by atoms with van der Waals surface area (Å²) in [6.45, 7) is 1.42. The van der Waals surface area contributed by atoms with Gasteiger partial charge in [0.2, 0.25) is 0 Å². The number of hydrogen-bond acceptors (Lipinski definition) is 3. The van der Waals surface area contributed by atoms with Crippen LogP contribution in [0.25, 0.3) is 5.69 Å². The zero-order valence-corrected chi connectivity index (χ0v) is 15.7. The summed E-state index contributed by atoms with van der Waals surface area (Å²) in [6, 6.07) is 7.25. The molecule has 0 fully saturated rings. The maximum atomic E-state index is 14.5. The van der Waals surface area contributed by atoms with Gasteiger partial charge in [0.15, 0.2) is 5.82 Å². The van der Waals surface area contributed by atoms with Gasteiger partial charge in [-0.2, -0.15) is 0 Å². The number of rotatable bonds is 5. The molecule has 0 radical (unpaired) electrons. The number of pyridine rings is 1. The van der Waals surface area contributed by atoms with E-state index in [9.17, 15) is 18.0 Å². The Morgan fingerprint density at radius 1 is 1.04 bits per heavy atom. The Morgan fingerprint density at radius 3 is 2.46 bits per heavy atom. The second-order valence-corrected chi connectivity index (χ2v) is 6.37. The lowest BCUT2D eigenvalue weighted by Gasteiger charge is -2.15. The number of benzene rings is 2. The standard InChI is InChI=1S/C20H15ClF3NO3/c1-11-7-15(24)19(17(8-11)27-2)25-6-5-16(18(21)20(25)26)28-10-12-3-4-13(22)9-14(12)23/h3-9H,10H2,1-2H3. The fourth-order valence-corrected chi connectivity index (χ4v) is 2.88. The molecule has 0 saturated carbocycles. The number of hydrogen-bond donors (Lipinski definition) is 0. The molecular formula is C20H15ClF3NO3. The SMILES string of the molecule is COc1cc(C)cc(F)c1-n1ccc(OCc2ccc(F)cc2F)c(Cl)c1=O. The van der Waals surface area contributed by atoms with Crippen LogP contribution in [0.5, 0.6) is 11.5 Å². The van der Waals surface area contributed by atoms with Crippen LogP contribution in [0.1, 0.15) is 11.1 Å². The molecule has 0 unspecified atom stereocenters. The third kappa shape index (κ3) is 3.84. The van der Waals surface area contributed by atoms with E-state index >= 15 is 0 Å². The van der Waals surface area contributed by atoms with Gasteiger partial charge in [0.25, 0.3) is 5.56 Å². The van der Waals surface area contributed by atoms with Crippen LogP contribution in [0.3, 0.4) is 0 Å². The van der Waals surface area contributed by atoms with Crippen LogP contribution in [0, 0.1) is 24.4 Å². The fraction of sp³-hybridized carbons (Fsp3) is 0.150. The number of ether oxygens (including phenoxy) is 2. The second-order valence-electron chi connectivity index (χ2n) is 5.99. The lowest BCUT2D eigenvalue weighted by Crippen LogP contribution is -2.20. The van der Waals surface area contributed by atoms with E-state index in [-0.39, 0.29) is 34.4 Å². The van der Waals surface area contributed by atoms with Crippen LogP contribution in [0.15, 0.2) is 47.4 Å². The molecule has 3 rings (SSSR count). The Bertz CT molecular complexity index is 1100. The fourth-order valence-electron chi connectivity index (χ4n) is 2.67. The highest BCUT2D eigenvalue weighted by Gasteiger charge is 2.18. The molecule has 3 aromatic rings. The van der Waals surface area contributed by atoms with Crippen molar-refractivity contribution >= 4 is 11.6 Å². The predicted octanol–water partition coefficient (Wildman–Crippen LogP) is 4.80. The van der Waals surface area contributed by atoms with Gasteiger partial charge in [0.05, 0.1) is 7.11 Å². The van der Waals surface area contributed by atoms with E-state index in [1.807, 2.05) is 0 Å². The van der Waals surface area contributed by atoms with Crippen molar-refractivity contribution in [2.75, 3.05) is 7.11 Å². The molecule has 1 aromatic heterocycles. The zero-order valence-electron chi connectivity index (χ0n) is 14.9. The first kappa shape index (κ1) is 19.8. The van der Waals surface area contributed by atoms with Gasteiger partial charge in [-0.3, -0.25) is 9.36 Å². The monoisotopic (exact) mass is 409 g/mol. The minimum absolute atomic E-state index is 0.0156. The zero-order chi connectivity index (χ0) is 20.4. The Hall–Kier alpha value is -2.93. The van der Waals surface area contributed by atoms with Crippen LogP contribution in [-0.2, 0) is 6.61 Å². The van der Waals surface area contributed by atoms with E-state index < -0.39 is 23.0 Å². The van der Waals surface area contributed by atoms with Gasteiger partial charge in [-0.1, -0.05) is 11.6 Å². The van der Waals surface area contributed by atoms with Crippen molar-refractivity contribution in [3.8, 4) is 17.2 Å². The smallest absolute Gasteiger partial charge is 0.277 e. The van der Waals surface area contributed by atoms with Crippen molar-refractivity contribution in [1.29, 1.82) is 0 Å². The van der Waals surface area contributed by atoms with E-state index in [2.05, 4.69) is 0 Å². The van der Waals surface area contributed by atoms with Crippen molar-refractivity contribution in [2.24, 2.45) is 0 Å². The van der Waals surface area contributed by atoms with E-state index in [0.717, 1.165) is 16.7 Å². The van der Waals surface area contributed by atoms with Crippen molar-refractivity contribution in [3.63, 3.8) is 0 Å². The molecule has 0 bridgehead atoms. The van der Waals surface area contributed by atoms with Crippen molar-refractivity contribution in [2.45, 2.75) is 13.5 Å². The number of halogens is 4. The highest BCUT2D eigenvalue weighted by atomic mass is 35.5. The minimum Gasteiger partial charge on any atom is -0.494 e. The number of aryl methyl sites for hydroxylation is 1. The minimum atomic E-state index is -0.782. The van der Waals surface area contributed by atoms with Crippen LogP contribution in [-0.4, -0.2) is 11.7 Å². The quantitative estimate of drug-likeness (QED) is 0.607. The van der Waals surface area contributed by atoms with Gasteiger partial charge in [0.1, 0.15) is 40.5 Å². The number of nitrogens with zero attached hydrogens (tertiary/aromatic N) is 1. The highest BCUT2D eigenvalue weighted by molar-refractivity contribution is 6.31. The largest absolute Gasteiger partial charge is 0.494 e. The molecule has 0 aliphatic heterocycles. The third-order valence-corrected chi connectivity index (χ3v) is 4.38. The first-order chi connectivity index (χ1) is 13.3. The van der Waals surface area contributed by atoms with Crippen molar-refractivity contribution in [1.82, 2.24) is 4.57 Å². The molecule has 2 aromatic carbocycles. The number of methoxy groups -OCH3 is 1. The van der Waals surface area contributed by atoms with E-state index in [1.165, 1.54) is 31.5 Å². The van der Waals surface area contributed by atoms with Crippen molar-refractivity contribution < 1.29 is 22.6 Å². The third-order valence-electron chi connectivity index (χ3n) is 4.03. The van der Waals surface area contributed by atoms with E-state index in [0.29, 0.717) is 5.56 Å². The molecule has 4 nitrogen and oxygen atoms in total. The summed E-state index contributed by atoms with van der Waals surface area (Å²) < 4.78 is 52.7. The van der Waals surface area contributed by atoms with Gasteiger partial charge in [-0.25, -0.2) is 13.2 Å². The summed E-state index contributed by atoms with van der Waals surface area (Å²) in [5.74, 6) is -2.00. The topological polar surface area (TPSA) is 40.5 Å². The van der Waals surface area contributed by atoms with Crippen LogP contribution in [0.2, 0.25) is 5.02 Å². The normalized spacial score (nSPS) is 10.8. The lowest BCUT2D eigenvalue weighted by molar-refractivity contribution is 0.298. The molecule has 0 atom stereocenters. The average Bonchev–Trinajstić information content (AvgIpc) is 2.64. The molecule has 0 aliphatic carbocycles. The van der Waals surface area contributed by atoms with Crippen LogP contribution < -0.4 is 15.0 Å². The maximum absolute atomic E-state index is 14.5. The Balaban J connectivity index is 1.95. The summed E-state index contributed by atoms with van der Waals surface area (Å²) in [4.78, 5) is 12.6. The number of aromatic nitrogens is 1. The van der Waals surface area contributed by atoms with E-state index in [4.69, 9.17) is 21.1 Å². The van der Waals surface area contributed by atoms with Crippen LogP contribution >= 0.6 is 11.6 Å². The molecule has 0 N–H and O–H groups in total. The molecule has 146 valence electrons. The van der Waals surface area contributed by atoms with Gasteiger partial charge >= 0.3 is 0 Å². The summed E-state index contributed by atoms with van der Waals surface area (Å²) in [6.07, 6.45) is 1.28.